The van der Waals surface area contributed by atoms with Crippen molar-refractivity contribution in [1.29, 1.82) is 0 Å². The van der Waals surface area contributed by atoms with Gasteiger partial charge in [-0.1, -0.05) is 219 Å². The van der Waals surface area contributed by atoms with E-state index < -0.39 is 5.41 Å². The van der Waals surface area contributed by atoms with Gasteiger partial charge in [-0.25, -0.2) is 0 Å². The van der Waals surface area contributed by atoms with Gasteiger partial charge in [0.05, 0.1) is 11.1 Å². The average Bonchev–Trinajstić information content (AvgIpc) is 3.72. The first-order valence-electron chi connectivity index (χ1n) is 24.8. The molecule has 10 aromatic rings. The number of fused-ring (bicyclic) bond motifs is 7. The first-order chi connectivity index (χ1) is 33.8. The smallest absolute Gasteiger partial charge is 0.0710 e. The number of allylic oxidation sites excluding steroid dienone is 4. The molecule has 10 aromatic carbocycles. The van der Waals surface area contributed by atoms with E-state index in [1.165, 1.54) is 126 Å². The fourth-order valence-corrected chi connectivity index (χ4v) is 12.6. The summed E-state index contributed by atoms with van der Waals surface area (Å²) in [7, 11) is 0. The molecule has 68 heavy (non-hydrogen) atoms. The quantitative estimate of drug-likeness (QED) is 0.138. The molecule has 0 unspecified atom stereocenters. The third-order valence-corrected chi connectivity index (χ3v) is 15.6. The molecule has 326 valence electrons. The predicted molar refractivity (Wildman–Crippen MR) is 289 cm³/mol. The van der Waals surface area contributed by atoms with Crippen molar-refractivity contribution in [2.45, 2.75) is 56.3 Å². The molecule has 0 amide bonds. The number of benzene rings is 10. The number of nitrogens with zero attached hydrogens (tertiary/aromatic N) is 1. The van der Waals surface area contributed by atoms with Crippen molar-refractivity contribution in [2.24, 2.45) is 0 Å². The van der Waals surface area contributed by atoms with Crippen LogP contribution in [0.1, 0.15) is 73.1 Å². The van der Waals surface area contributed by atoms with Gasteiger partial charge in [-0.15, -0.1) is 0 Å². The van der Waals surface area contributed by atoms with Crippen LogP contribution in [0.4, 0.5) is 17.1 Å². The fourth-order valence-electron chi connectivity index (χ4n) is 12.6. The van der Waals surface area contributed by atoms with Gasteiger partial charge in [-0.2, -0.15) is 0 Å². The average molecular weight is 872 g/mol. The van der Waals surface area contributed by atoms with Crippen molar-refractivity contribution in [3.63, 3.8) is 0 Å². The molecule has 3 aliphatic carbocycles. The lowest BCUT2D eigenvalue weighted by Crippen LogP contribution is -2.29. The van der Waals surface area contributed by atoms with E-state index >= 15 is 0 Å². The topological polar surface area (TPSA) is 3.24 Å². The summed E-state index contributed by atoms with van der Waals surface area (Å²) in [6, 6.07) is 80.2. The maximum absolute atomic E-state index is 2.52. The first kappa shape index (κ1) is 40.5. The van der Waals surface area contributed by atoms with Crippen molar-refractivity contribution < 1.29 is 0 Å². The lowest BCUT2D eigenvalue weighted by atomic mass is 9.66. The molecule has 0 aliphatic heterocycles. The molecule has 1 heteroatoms. The lowest BCUT2D eigenvalue weighted by molar-refractivity contribution is 0.445. The van der Waals surface area contributed by atoms with E-state index in [0.717, 1.165) is 29.9 Å². The van der Waals surface area contributed by atoms with Gasteiger partial charge >= 0.3 is 0 Å². The zero-order chi connectivity index (χ0) is 45.0. The van der Waals surface area contributed by atoms with Crippen LogP contribution in [0, 0.1) is 0 Å². The van der Waals surface area contributed by atoms with Gasteiger partial charge in [0.25, 0.3) is 0 Å². The van der Waals surface area contributed by atoms with Crippen molar-refractivity contribution in [2.75, 3.05) is 4.90 Å². The van der Waals surface area contributed by atoms with E-state index in [1.54, 1.807) is 0 Å². The van der Waals surface area contributed by atoms with Crippen LogP contribution in [0.5, 0.6) is 0 Å². The van der Waals surface area contributed by atoms with Crippen LogP contribution in [0.2, 0.25) is 0 Å². The molecular formula is C67H53N. The van der Waals surface area contributed by atoms with E-state index in [2.05, 4.69) is 235 Å². The molecular weight excluding hydrogens is 819 g/mol. The summed E-state index contributed by atoms with van der Waals surface area (Å²) in [6.07, 6.45) is 15.8. The summed E-state index contributed by atoms with van der Waals surface area (Å²) < 4.78 is 0. The summed E-state index contributed by atoms with van der Waals surface area (Å²) in [5.74, 6) is 0.575. The van der Waals surface area contributed by atoms with Gasteiger partial charge in [0, 0.05) is 16.9 Å². The predicted octanol–water partition coefficient (Wildman–Crippen LogP) is 18.6. The fraction of sp³-hybridized carbons (Fsp3) is 0.134. The molecule has 0 heterocycles. The molecule has 1 fully saturated rings. The Morgan fingerprint density at radius 1 is 0.426 bits per heavy atom. The maximum Gasteiger partial charge on any atom is 0.0710 e. The Balaban J connectivity index is 1.02. The highest BCUT2D eigenvalue weighted by Gasteiger charge is 2.46. The van der Waals surface area contributed by atoms with Crippen LogP contribution < -0.4 is 4.90 Å². The minimum atomic E-state index is -0.428. The number of anilines is 3. The summed E-state index contributed by atoms with van der Waals surface area (Å²) in [4.78, 5) is 2.52. The molecule has 0 spiro atoms. The molecule has 0 aromatic heterocycles. The van der Waals surface area contributed by atoms with Crippen LogP contribution in [-0.4, -0.2) is 0 Å². The molecule has 0 radical (unpaired) electrons. The molecule has 0 atom stereocenters. The molecule has 0 saturated heterocycles. The van der Waals surface area contributed by atoms with Gasteiger partial charge in [0.2, 0.25) is 0 Å². The Bertz CT molecular complexity index is 3570. The monoisotopic (exact) mass is 871 g/mol. The largest absolute Gasteiger partial charge is 0.310 e. The van der Waals surface area contributed by atoms with Crippen LogP contribution in [0.15, 0.2) is 236 Å². The van der Waals surface area contributed by atoms with Gasteiger partial charge in [0.1, 0.15) is 0 Å². The Morgan fingerprint density at radius 3 is 1.87 bits per heavy atom. The Hall–Kier alpha value is -7.74. The highest BCUT2D eigenvalue weighted by atomic mass is 15.1. The third-order valence-electron chi connectivity index (χ3n) is 15.6. The van der Waals surface area contributed by atoms with Crippen molar-refractivity contribution >= 4 is 49.4 Å². The van der Waals surface area contributed by atoms with Gasteiger partial charge < -0.3 is 4.90 Å². The highest BCUT2D eigenvalue weighted by molar-refractivity contribution is 6.12. The molecule has 3 aliphatic rings. The molecule has 0 bridgehead atoms. The Kier molecular flexibility index (Phi) is 10.0. The molecule has 1 saturated carbocycles. The van der Waals surface area contributed by atoms with Crippen molar-refractivity contribution in [1.82, 2.24) is 0 Å². The van der Waals surface area contributed by atoms with Crippen LogP contribution in [0.3, 0.4) is 0 Å². The SMILES string of the molecule is C1=CC(C2(c3ccc(N(c4cccc(-c5cccc6c5ccc5ccccc56)c4)c4ccccc4-c4cccc5cccc(C6CCCCC6)c45)cc3)c3ccccc3-c3ccccc32)=CCC1. The summed E-state index contributed by atoms with van der Waals surface area (Å²) in [5.41, 5.74) is 17.4. The number of hydrogen-bond donors (Lipinski definition) is 0. The van der Waals surface area contributed by atoms with Crippen LogP contribution in [0.25, 0.3) is 65.7 Å². The van der Waals surface area contributed by atoms with Gasteiger partial charge in [-0.3, -0.25) is 0 Å². The van der Waals surface area contributed by atoms with Crippen molar-refractivity contribution in [3.05, 3.63) is 258 Å². The van der Waals surface area contributed by atoms with Gasteiger partial charge in [0.15, 0.2) is 0 Å². The van der Waals surface area contributed by atoms with Crippen LogP contribution in [-0.2, 0) is 5.41 Å². The zero-order valence-electron chi connectivity index (χ0n) is 38.4. The highest BCUT2D eigenvalue weighted by Crippen LogP contribution is 2.57. The summed E-state index contributed by atoms with van der Waals surface area (Å²) in [6.45, 7) is 0. The third kappa shape index (κ3) is 6.51. The maximum atomic E-state index is 2.52. The first-order valence-corrected chi connectivity index (χ1v) is 24.8. The number of para-hydroxylation sites is 1. The number of rotatable bonds is 8. The Labute approximate surface area is 400 Å². The van der Waals surface area contributed by atoms with E-state index in [-0.39, 0.29) is 0 Å². The van der Waals surface area contributed by atoms with Gasteiger partial charge in [-0.05, 0) is 150 Å². The van der Waals surface area contributed by atoms with E-state index in [4.69, 9.17) is 0 Å². The van der Waals surface area contributed by atoms with Crippen LogP contribution >= 0.6 is 0 Å². The Morgan fingerprint density at radius 2 is 1.07 bits per heavy atom. The minimum Gasteiger partial charge on any atom is -0.310 e. The van der Waals surface area contributed by atoms with E-state index in [0.29, 0.717) is 5.92 Å². The van der Waals surface area contributed by atoms with Crippen molar-refractivity contribution in [3.8, 4) is 33.4 Å². The second kappa shape index (κ2) is 16.8. The number of hydrogen-bond acceptors (Lipinski definition) is 1. The standard InChI is InChI=1S/C67H53N/c1-3-19-46(20-4-1)56-33-16-22-48-23-17-35-62(66(48)56)61-31-11-14-38-65(61)68(53-27-15-24-49(45-53)55-32-18-34-57-54-28-8-7-21-47(54)39-44-58(55)57)52-42-40-51(41-43-52)67(50-25-5-2-6-26-50)63-36-12-9-29-59(63)60-30-10-13-37-64(60)67/h5,7-18,21-46H,1-4,6,19-20H2. The zero-order valence-corrected chi connectivity index (χ0v) is 38.4. The normalized spacial score (nSPS) is 15.3. The summed E-state index contributed by atoms with van der Waals surface area (Å²) in [5, 5.41) is 7.80. The second-order valence-electron chi connectivity index (χ2n) is 19.2. The van der Waals surface area contributed by atoms with E-state index in [9.17, 15) is 0 Å². The molecule has 0 N–H and O–H groups in total. The molecule has 1 nitrogen and oxygen atoms in total. The minimum absolute atomic E-state index is 0.428. The summed E-state index contributed by atoms with van der Waals surface area (Å²) >= 11 is 0. The molecule has 13 rings (SSSR count). The lowest BCUT2D eigenvalue weighted by Gasteiger charge is -2.36. The van der Waals surface area contributed by atoms with E-state index in [1.807, 2.05) is 0 Å². The second-order valence-corrected chi connectivity index (χ2v) is 19.2.